The molecule has 9 aromatic rings. The van der Waals surface area contributed by atoms with Gasteiger partial charge in [0.25, 0.3) is 0 Å². The Morgan fingerprint density at radius 1 is 0.273 bits per heavy atom. The summed E-state index contributed by atoms with van der Waals surface area (Å²) >= 11 is 0. The van der Waals surface area contributed by atoms with Crippen molar-refractivity contribution >= 4 is 0 Å². The molecule has 0 unspecified atom stereocenters. The lowest BCUT2D eigenvalue weighted by molar-refractivity contribution is 0.768. The topological polar surface area (TPSA) is 51.6 Å². The summed E-state index contributed by atoms with van der Waals surface area (Å²) in [6.07, 6.45) is 3.69. The quantitative estimate of drug-likeness (QED) is 0.166. The van der Waals surface area contributed by atoms with Crippen molar-refractivity contribution < 1.29 is 0 Å². The van der Waals surface area contributed by atoms with Crippen molar-refractivity contribution in [2.24, 2.45) is 0 Å². The van der Waals surface area contributed by atoms with Gasteiger partial charge in [0, 0.05) is 29.1 Å². The normalized spacial score (nSPS) is 12.5. The van der Waals surface area contributed by atoms with Crippen LogP contribution in [-0.4, -0.2) is 19.9 Å². The summed E-state index contributed by atoms with van der Waals surface area (Å²) in [6, 6.07) is 68.6. The summed E-state index contributed by atoms with van der Waals surface area (Å²) in [5.74, 6) is 1.90. The van der Waals surface area contributed by atoms with E-state index in [2.05, 4.69) is 157 Å². The number of fused-ring (bicyclic) bond motifs is 3. The average Bonchev–Trinajstić information content (AvgIpc) is 3.58. The molecular formula is C51H34N4. The summed E-state index contributed by atoms with van der Waals surface area (Å²) in [4.78, 5) is 19.6. The molecule has 0 radical (unpaired) electrons. The zero-order valence-corrected chi connectivity index (χ0v) is 29.9. The second kappa shape index (κ2) is 13.6. The molecule has 0 saturated carbocycles. The zero-order chi connectivity index (χ0) is 36.6. The number of aromatic nitrogens is 4. The Bertz CT molecular complexity index is 2730. The van der Waals surface area contributed by atoms with Gasteiger partial charge in [-0.1, -0.05) is 182 Å². The monoisotopic (exact) mass is 702 g/mol. The highest BCUT2D eigenvalue weighted by Gasteiger charge is 2.45. The Labute approximate surface area is 320 Å². The van der Waals surface area contributed by atoms with E-state index in [4.69, 9.17) is 15.0 Å². The molecule has 0 aliphatic heterocycles. The Kier molecular flexibility index (Phi) is 8.00. The molecule has 0 fully saturated rings. The predicted octanol–water partition coefficient (Wildman–Crippen LogP) is 12.0. The zero-order valence-electron chi connectivity index (χ0n) is 29.9. The number of nitrogens with zero attached hydrogens (tertiary/aromatic N) is 4. The minimum Gasteiger partial charge on any atom is -0.265 e. The molecule has 258 valence electrons. The highest BCUT2D eigenvalue weighted by molar-refractivity contribution is 5.87. The van der Waals surface area contributed by atoms with Gasteiger partial charge < -0.3 is 0 Å². The molecule has 4 nitrogen and oxygen atoms in total. The van der Waals surface area contributed by atoms with Crippen LogP contribution in [0.25, 0.3) is 67.5 Å². The molecule has 4 heteroatoms. The standard InChI is InChI=1S/C51H34N4/c1-3-13-37(14-4-1)42-17-7-8-20-45(42)50-54-48(38-15-5-2-6-16-38)53-49(55-50)39-25-29-41(30-26-39)51(40-27-23-35(24-28-40)36-31-33-52-34-32-36)46-21-11-9-18-43(46)44-19-10-12-22-47(44)51/h1-34H. The predicted molar refractivity (Wildman–Crippen MR) is 222 cm³/mol. The maximum Gasteiger partial charge on any atom is 0.164 e. The molecule has 1 aliphatic rings. The fourth-order valence-electron chi connectivity index (χ4n) is 8.24. The van der Waals surface area contributed by atoms with Gasteiger partial charge in [0.05, 0.1) is 5.41 Å². The molecule has 0 spiro atoms. The Hall–Kier alpha value is -7.30. The fourth-order valence-corrected chi connectivity index (χ4v) is 8.24. The van der Waals surface area contributed by atoms with Crippen molar-refractivity contribution in [2.75, 3.05) is 0 Å². The molecule has 0 bridgehead atoms. The lowest BCUT2D eigenvalue weighted by Gasteiger charge is -2.34. The number of hydrogen-bond donors (Lipinski definition) is 0. The summed E-state index contributed by atoms with van der Waals surface area (Å²) in [6.45, 7) is 0. The van der Waals surface area contributed by atoms with Crippen LogP contribution in [0.4, 0.5) is 0 Å². The van der Waals surface area contributed by atoms with E-state index in [1.54, 1.807) is 0 Å². The average molecular weight is 703 g/mol. The van der Waals surface area contributed by atoms with Gasteiger partial charge in [0.1, 0.15) is 0 Å². The van der Waals surface area contributed by atoms with Crippen LogP contribution in [-0.2, 0) is 5.41 Å². The second-order valence-electron chi connectivity index (χ2n) is 13.8. The van der Waals surface area contributed by atoms with E-state index in [1.165, 1.54) is 33.4 Å². The van der Waals surface area contributed by atoms with Crippen molar-refractivity contribution in [3.8, 4) is 67.5 Å². The third-order valence-electron chi connectivity index (χ3n) is 10.8. The SMILES string of the molecule is c1ccc(-c2nc(-c3ccc(C4(c5ccc(-c6ccncc6)cc5)c5ccccc5-c5ccccc54)cc3)nc(-c3ccccc3-c3ccccc3)n2)cc1. The summed E-state index contributed by atoms with van der Waals surface area (Å²) in [5, 5.41) is 0. The van der Waals surface area contributed by atoms with Crippen LogP contribution < -0.4 is 0 Å². The first-order valence-electron chi connectivity index (χ1n) is 18.5. The van der Waals surface area contributed by atoms with Gasteiger partial charge in [0.2, 0.25) is 0 Å². The summed E-state index contributed by atoms with van der Waals surface area (Å²) in [5.41, 5.74) is 14.2. The van der Waals surface area contributed by atoms with Crippen molar-refractivity contribution in [1.29, 1.82) is 0 Å². The maximum atomic E-state index is 5.17. The molecular weight excluding hydrogens is 669 g/mol. The van der Waals surface area contributed by atoms with E-state index in [0.29, 0.717) is 17.5 Å². The molecule has 0 amide bonds. The van der Waals surface area contributed by atoms with Gasteiger partial charge in [-0.25, -0.2) is 15.0 Å². The molecule has 1 aliphatic carbocycles. The lowest BCUT2D eigenvalue weighted by Crippen LogP contribution is -2.28. The van der Waals surface area contributed by atoms with Gasteiger partial charge in [-0.2, -0.15) is 0 Å². The molecule has 2 aromatic heterocycles. The van der Waals surface area contributed by atoms with Crippen molar-refractivity contribution in [1.82, 2.24) is 19.9 Å². The highest BCUT2D eigenvalue weighted by Crippen LogP contribution is 2.56. The Morgan fingerprint density at radius 2 is 0.673 bits per heavy atom. The van der Waals surface area contributed by atoms with Crippen molar-refractivity contribution in [3.63, 3.8) is 0 Å². The Morgan fingerprint density at radius 3 is 1.24 bits per heavy atom. The van der Waals surface area contributed by atoms with Crippen molar-refractivity contribution in [3.05, 3.63) is 229 Å². The van der Waals surface area contributed by atoms with Crippen molar-refractivity contribution in [2.45, 2.75) is 5.41 Å². The van der Waals surface area contributed by atoms with Crippen LogP contribution in [0.3, 0.4) is 0 Å². The van der Waals surface area contributed by atoms with Gasteiger partial charge in [-0.05, 0) is 67.8 Å². The second-order valence-corrected chi connectivity index (χ2v) is 13.8. The third-order valence-corrected chi connectivity index (χ3v) is 10.8. The number of hydrogen-bond acceptors (Lipinski definition) is 4. The molecule has 0 N–H and O–H groups in total. The van der Waals surface area contributed by atoms with E-state index < -0.39 is 5.41 Å². The molecule has 0 atom stereocenters. The minimum absolute atomic E-state index is 0.531. The smallest absolute Gasteiger partial charge is 0.164 e. The van der Waals surface area contributed by atoms with Gasteiger partial charge >= 0.3 is 0 Å². The molecule has 2 heterocycles. The van der Waals surface area contributed by atoms with E-state index in [1.807, 2.05) is 54.9 Å². The van der Waals surface area contributed by atoms with Crippen LogP contribution in [0, 0.1) is 0 Å². The first-order valence-corrected chi connectivity index (χ1v) is 18.5. The van der Waals surface area contributed by atoms with E-state index >= 15 is 0 Å². The fraction of sp³-hybridized carbons (Fsp3) is 0.0196. The molecule has 10 rings (SSSR count). The number of pyridine rings is 1. The largest absolute Gasteiger partial charge is 0.265 e. The van der Waals surface area contributed by atoms with Crippen LogP contribution in [0.2, 0.25) is 0 Å². The summed E-state index contributed by atoms with van der Waals surface area (Å²) < 4.78 is 0. The highest BCUT2D eigenvalue weighted by atomic mass is 15.0. The summed E-state index contributed by atoms with van der Waals surface area (Å²) in [7, 11) is 0. The van der Waals surface area contributed by atoms with Crippen LogP contribution in [0.1, 0.15) is 22.3 Å². The van der Waals surface area contributed by atoms with E-state index in [0.717, 1.165) is 38.9 Å². The lowest BCUT2D eigenvalue weighted by atomic mass is 9.67. The minimum atomic E-state index is -0.531. The maximum absolute atomic E-state index is 5.17. The van der Waals surface area contributed by atoms with Gasteiger partial charge in [-0.15, -0.1) is 0 Å². The Balaban J connectivity index is 1.14. The van der Waals surface area contributed by atoms with Crippen LogP contribution in [0.15, 0.2) is 207 Å². The molecule has 7 aromatic carbocycles. The van der Waals surface area contributed by atoms with Crippen LogP contribution >= 0.6 is 0 Å². The van der Waals surface area contributed by atoms with Gasteiger partial charge in [-0.3, -0.25) is 4.98 Å². The third kappa shape index (κ3) is 5.55. The van der Waals surface area contributed by atoms with E-state index in [9.17, 15) is 0 Å². The van der Waals surface area contributed by atoms with Gasteiger partial charge in [0.15, 0.2) is 17.5 Å². The molecule has 55 heavy (non-hydrogen) atoms. The molecule has 0 saturated heterocycles. The first kappa shape index (κ1) is 32.4. The number of rotatable bonds is 7. The first-order chi connectivity index (χ1) is 27.3. The van der Waals surface area contributed by atoms with E-state index in [-0.39, 0.29) is 0 Å². The number of benzene rings is 7. The van der Waals surface area contributed by atoms with Crippen LogP contribution in [0.5, 0.6) is 0 Å².